The molecule has 6 N–H and O–H groups in total. The zero-order valence-corrected chi connectivity index (χ0v) is 10.6. The van der Waals surface area contributed by atoms with Gasteiger partial charge in [-0.3, -0.25) is 0 Å². The average molecular weight is 285 g/mol. The first-order chi connectivity index (χ1) is 8.63. The van der Waals surface area contributed by atoms with Crippen molar-refractivity contribution in [1.29, 1.82) is 0 Å². The molecule has 0 bridgehead atoms. The number of nitrogen functional groups attached to an aromatic ring is 2. The van der Waals surface area contributed by atoms with E-state index in [9.17, 15) is 0 Å². The van der Waals surface area contributed by atoms with E-state index in [0.29, 0.717) is 27.4 Å². The second kappa shape index (κ2) is 5.26. The maximum Gasteiger partial charge on any atom is 0.168 e. The van der Waals surface area contributed by atoms with E-state index in [-0.39, 0.29) is 5.69 Å². The first-order valence-electron chi connectivity index (χ1n) is 4.91. The Hall–Kier alpha value is -1.76. The average Bonchev–Trinajstić information content (AvgIpc) is 2.37. The standard InChI is InChI=1S/C10H10Cl2N6/c11-5-2-1-3-6(7(5)12)17-9-8(13)10(18-14)16-4-15-9/h1-4H,13-14H2,(H2,15,16,17,18). The Balaban J connectivity index is 2.37. The molecule has 0 saturated carbocycles. The van der Waals surface area contributed by atoms with Gasteiger partial charge in [0.25, 0.3) is 0 Å². The molecule has 2 aromatic rings. The number of nitrogens with zero attached hydrogens (tertiary/aromatic N) is 2. The molecule has 0 aliphatic rings. The molecule has 18 heavy (non-hydrogen) atoms. The zero-order valence-electron chi connectivity index (χ0n) is 9.11. The number of hydrogen-bond donors (Lipinski definition) is 4. The molecule has 94 valence electrons. The van der Waals surface area contributed by atoms with Crippen LogP contribution in [0.25, 0.3) is 0 Å². The van der Waals surface area contributed by atoms with Crippen molar-refractivity contribution < 1.29 is 0 Å². The van der Waals surface area contributed by atoms with Gasteiger partial charge in [-0.15, -0.1) is 0 Å². The van der Waals surface area contributed by atoms with Gasteiger partial charge in [0.2, 0.25) is 0 Å². The summed E-state index contributed by atoms with van der Waals surface area (Å²) in [5.74, 6) is 5.99. The fourth-order valence-electron chi connectivity index (χ4n) is 1.34. The van der Waals surface area contributed by atoms with Gasteiger partial charge >= 0.3 is 0 Å². The first kappa shape index (κ1) is 12.7. The maximum atomic E-state index is 6.05. The van der Waals surface area contributed by atoms with Crippen molar-refractivity contribution in [3.8, 4) is 0 Å². The summed E-state index contributed by atoms with van der Waals surface area (Å²) in [6, 6.07) is 5.20. The molecular formula is C10H10Cl2N6. The molecule has 1 aromatic carbocycles. The number of benzene rings is 1. The van der Waals surface area contributed by atoms with Crippen molar-refractivity contribution >= 4 is 46.2 Å². The lowest BCUT2D eigenvalue weighted by molar-refractivity contribution is 1.14. The van der Waals surface area contributed by atoms with Crippen LogP contribution in [0.5, 0.6) is 0 Å². The summed E-state index contributed by atoms with van der Waals surface area (Å²) in [6.45, 7) is 0. The number of aromatic nitrogens is 2. The predicted octanol–water partition coefficient (Wildman–Crippen LogP) is 2.39. The molecule has 0 fully saturated rings. The van der Waals surface area contributed by atoms with Gasteiger partial charge in [-0.1, -0.05) is 29.3 Å². The number of hydrazine groups is 1. The molecule has 0 amide bonds. The third kappa shape index (κ3) is 2.40. The normalized spacial score (nSPS) is 10.2. The topological polar surface area (TPSA) is 102 Å². The van der Waals surface area contributed by atoms with E-state index in [1.807, 2.05) is 0 Å². The molecule has 0 aliphatic heterocycles. The van der Waals surface area contributed by atoms with Crippen LogP contribution in [0.3, 0.4) is 0 Å². The van der Waals surface area contributed by atoms with Gasteiger partial charge < -0.3 is 16.5 Å². The molecule has 0 spiro atoms. The Labute approximate surface area is 113 Å². The monoisotopic (exact) mass is 284 g/mol. The number of nitrogens with two attached hydrogens (primary N) is 2. The van der Waals surface area contributed by atoms with Crippen LogP contribution in [0, 0.1) is 0 Å². The number of halogens is 2. The van der Waals surface area contributed by atoms with Crippen LogP contribution in [-0.4, -0.2) is 9.97 Å². The quantitative estimate of drug-likeness (QED) is 0.510. The van der Waals surface area contributed by atoms with Crippen molar-refractivity contribution in [3.63, 3.8) is 0 Å². The molecule has 0 saturated heterocycles. The lowest BCUT2D eigenvalue weighted by atomic mass is 10.3. The van der Waals surface area contributed by atoms with E-state index in [2.05, 4.69) is 20.7 Å². The summed E-state index contributed by atoms with van der Waals surface area (Å²) in [7, 11) is 0. The van der Waals surface area contributed by atoms with Crippen molar-refractivity contribution in [3.05, 3.63) is 34.6 Å². The fourth-order valence-corrected chi connectivity index (χ4v) is 1.69. The molecule has 1 heterocycles. The number of rotatable bonds is 3. The van der Waals surface area contributed by atoms with Crippen LogP contribution < -0.4 is 22.3 Å². The summed E-state index contributed by atoms with van der Waals surface area (Å²) in [5.41, 5.74) is 9.08. The van der Waals surface area contributed by atoms with Crippen LogP contribution in [0.1, 0.15) is 0 Å². The van der Waals surface area contributed by atoms with E-state index in [1.54, 1.807) is 18.2 Å². The van der Waals surface area contributed by atoms with Crippen molar-refractivity contribution in [1.82, 2.24) is 9.97 Å². The molecule has 0 atom stereocenters. The number of nitrogens with one attached hydrogen (secondary N) is 2. The molecular weight excluding hydrogens is 275 g/mol. The molecule has 0 radical (unpaired) electrons. The van der Waals surface area contributed by atoms with Crippen LogP contribution in [-0.2, 0) is 0 Å². The summed E-state index contributed by atoms with van der Waals surface area (Å²) in [5, 5.41) is 3.79. The summed E-state index contributed by atoms with van der Waals surface area (Å²) < 4.78 is 0. The highest BCUT2D eigenvalue weighted by Crippen LogP contribution is 2.33. The third-order valence-corrected chi connectivity index (χ3v) is 3.04. The lowest BCUT2D eigenvalue weighted by Gasteiger charge is -2.12. The first-order valence-corrected chi connectivity index (χ1v) is 5.67. The van der Waals surface area contributed by atoms with Gasteiger partial charge in [-0.25, -0.2) is 15.8 Å². The van der Waals surface area contributed by atoms with E-state index >= 15 is 0 Å². The van der Waals surface area contributed by atoms with E-state index in [1.165, 1.54) is 6.33 Å². The molecule has 0 unspecified atom stereocenters. The Morgan fingerprint density at radius 1 is 1.11 bits per heavy atom. The van der Waals surface area contributed by atoms with E-state index in [4.69, 9.17) is 34.8 Å². The molecule has 8 heteroatoms. The SMILES string of the molecule is NNc1ncnc(Nc2cccc(Cl)c2Cl)c1N. The van der Waals surface area contributed by atoms with E-state index in [0.717, 1.165) is 0 Å². The minimum absolute atomic E-state index is 0.288. The summed E-state index contributed by atoms with van der Waals surface area (Å²) in [6.07, 6.45) is 1.33. The second-order valence-corrected chi connectivity index (χ2v) is 4.14. The van der Waals surface area contributed by atoms with Gasteiger partial charge in [0, 0.05) is 0 Å². The van der Waals surface area contributed by atoms with Crippen LogP contribution in [0.15, 0.2) is 24.5 Å². The number of hydrogen-bond acceptors (Lipinski definition) is 6. The Bertz CT molecular complexity index is 574. The summed E-state index contributed by atoms with van der Waals surface area (Å²) in [4.78, 5) is 7.88. The minimum atomic E-state index is 0.288. The van der Waals surface area contributed by atoms with Crippen molar-refractivity contribution in [2.45, 2.75) is 0 Å². The van der Waals surface area contributed by atoms with Crippen molar-refractivity contribution in [2.75, 3.05) is 16.5 Å². The van der Waals surface area contributed by atoms with Crippen LogP contribution in [0.2, 0.25) is 10.0 Å². The zero-order chi connectivity index (χ0) is 13.1. The van der Waals surface area contributed by atoms with Gasteiger partial charge in [-0.2, -0.15) is 0 Å². The highest BCUT2D eigenvalue weighted by Gasteiger charge is 2.10. The molecule has 0 aliphatic carbocycles. The smallest absolute Gasteiger partial charge is 0.168 e. The van der Waals surface area contributed by atoms with Gasteiger partial charge in [0.15, 0.2) is 11.6 Å². The third-order valence-electron chi connectivity index (χ3n) is 2.23. The second-order valence-electron chi connectivity index (χ2n) is 3.36. The van der Waals surface area contributed by atoms with Gasteiger partial charge in [-0.05, 0) is 12.1 Å². The number of anilines is 4. The van der Waals surface area contributed by atoms with Crippen LogP contribution >= 0.6 is 23.2 Å². The highest BCUT2D eigenvalue weighted by molar-refractivity contribution is 6.43. The molecule has 1 aromatic heterocycles. The van der Waals surface area contributed by atoms with E-state index < -0.39 is 0 Å². The fraction of sp³-hybridized carbons (Fsp3) is 0. The van der Waals surface area contributed by atoms with Crippen molar-refractivity contribution in [2.24, 2.45) is 5.84 Å². The molecule has 2 rings (SSSR count). The molecule has 6 nitrogen and oxygen atoms in total. The van der Waals surface area contributed by atoms with Gasteiger partial charge in [0.1, 0.15) is 12.0 Å². The summed E-state index contributed by atoms with van der Waals surface area (Å²) >= 11 is 12.0. The minimum Gasteiger partial charge on any atom is -0.393 e. The predicted molar refractivity (Wildman–Crippen MR) is 74.0 cm³/mol. The maximum absolute atomic E-state index is 6.05. The van der Waals surface area contributed by atoms with Crippen LogP contribution in [0.4, 0.5) is 23.0 Å². The highest BCUT2D eigenvalue weighted by atomic mass is 35.5. The lowest BCUT2D eigenvalue weighted by Crippen LogP contribution is -2.12. The Kier molecular flexibility index (Phi) is 3.71. The Morgan fingerprint density at radius 3 is 2.56 bits per heavy atom. The Morgan fingerprint density at radius 2 is 1.83 bits per heavy atom. The largest absolute Gasteiger partial charge is 0.393 e. The van der Waals surface area contributed by atoms with Gasteiger partial charge in [0.05, 0.1) is 15.7 Å².